The van der Waals surface area contributed by atoms with Crippen LogP contribution in [0.1, 0.15) is 43.6 Å². The molecule has 0 unspecified atom stereocenters. The maximum Gasteiger partial charge on any atom is 0.142 e. The first-order valence-corrected chi connectivity index (χ1v) is 5.88. The van der Waals surface area contributed by atoms with Crippen molar-refractivity contribution in [1.82, 2.24) is 0 Å². The van der Waals surface area contributed by atoms with E-state index in [2.05, 4.69) is 0 Å². The summed E-state index contributed by atoms with van der Waals surface area (Å²) in [4.78, 5) is 0. The molecule has 1 aromatic rings. The Morgan fingerprint density at radius 2 is 1.88 bits per heavy atom. The van der Waals surface area contributed by atoms with E-state index in [9.17, 15) is 5.11 Å². The molecule has 0 radical (unpaired) electrons. The topological polar surface area (TPSA) is 55.5 Å². The molecule has 3 N–H and O–H groups in total. The highest BCUT2D eigenvalue weighted by molar-refractivity contribution is 5.85. The van der Waals surface area contributed by atoms with Crippen molar-refractivity contribution >= 4 is 18.1 Å². The number of rotatable bonds is 2. The number of phenolic OH excluding ortho intramolecular Hbond substituents is 1. The maximum absolute atomic E-state index is 9.55. The van der Waals surface area contributed by atoms with E-state index in [1.165, 1.54) is 32.1 Å². The van der Waals surface area contributed by atoms with Gasteiger partial charge < -0.3 is 15.6 Å². The number of anilines is 1. The molecule has 0 bridgehead atoms. The first-order valence-electron chi connectivity index (χ1n) is 5.88. The van der Waals surface area contributed by atoms with Crippen LogP contribution in [0.25, 0.3) is 0 Å². The van der Waals surface area contributed by atoms with Crippen LogP contribution >= 0.6 is 12.4 Å². The minimum Gasteiger partial charge on any atom is -0.506 e. The van der Waals surface area contributed by atoms with Crippen molar-refractivity contribution in [2.75, 3.05) is 12.8 Å². The molecular weight excluding hydrogens is 238 g/mol. The molecule has 0 aromatic heterocycles. The Morgan fingerprint density at radius 1 is 1.24 bits per heavy atom. The Hall–Kier alpha value is -1.09. The second-order valence-corrected chi connectivity index (χ2v) is 4.49. The predicted octanol–water partition coefficient (Wildman–Crippen LogP) is 3.45. The van der Waals surface area contributed by atoms with Crippen molar-refractivity contribution in [2.45, 2.75) is 38.0 Å². The van der Waals surface area contributed by atoms with Gasteiger partial charge in [0, 0.05) is 6.07 Å². The van der Waals surface area contributed by atoms with E-state index < -0.39 is 0 Å². The summed E-state index contributed by atoms with van der Waals surface area (Å²) < 4.78 is 5.32. The summed E-state index contributed by atoms with van der Waals surface area (Å²) in [6.07, 6.45) is 6.26. The lowest BCUT2D eigenvalue weighted by Crippen LogP contribution is -2.07. The summed E-state index contributed by atoms with van der Waals surface area (Å²) >= 11 is 0. The second kappa shape index (κ2) is 6.01. The number of ether oxygens (including phenoxy) is 1. The molecule has 17 heavy (non-hydrogen) atoms. The van der Waals surface area contributed by atoms with Gasteiger partial charge in [0.1, 0.15) is 11.5 Å². The average molecular weight is 258 g/mol. The summed E-state index contributed by atoms with van der Waals surface area (Å²) in [5.74, 6) is 1.40. The first-order chi connectivity index (χ1) is 7.72. The van der Waals surface area contributed by atoms with E-state index in [0.717, 1.165) is 11.3 Å². The fraction of sp³-hybridized carbons (Fsp3) is 0.538. The predicted molar refractivity (Wildman–Crippen MR) is 72.1 cm³/mol. The molecule has 96 valence electrons. The summed E-state index contributed by atoms with van der Waals surface area (Å²) in [5, 5.41) is 9.55. The van der Waals surface area contributed by atoms with Gasteiger partial charge in [-0.05, 0) is 30.4 Å². The van der Waals surface area contributed by atoms with Crippen molar-refractivity contribution in [3.63, 3.8) is 0 Å². The molecule has 0 spiro atoms. The standard InChI is InChI=1S/C13H19NO2.ClH/c1-16-13-8-12(15)11(14)7-10(13)9-5-3-2-4-6-9;/h7-9,15H,2-6,14H2,1H3;1H. The van der Waals surface area contributed by atoms with E-state index in [4.69, 9.17) is 10.5 Å². The third-order valence-electron chi connectivity index (χ3n) is 3.42. The van der Waals surface area contributed by atoms with Gasteiger partial charge in [-0.3, -0.25) is 0 Å². The fourth-order valence-corrected chi connectivity index (χ4v) is 2.51. The molecule has 0 aliphatic heterocycles. The summed E-state index contributed by atoms with van der Waals surface area (Å²) in [6.45, 7) is 0. The second-order valence-electron chi connectivity index (χ2n) is 4.49. The van der Waals surface area contributed by atoms with Crippen molar-refractivity contribution in [3.05, 3.63) is 17.7 Å². The van der Waals surface area contributed by atoms with Gasteiger partial charge in [-0.15, -0.1) is 12.4 Å². The van der Waals surface area contributed by atoms with Gasteiger partial charge >= 0.3 is 0 Å². The van der Waals surface area contributed by atoms with Gasteiger partial charge in [0.05, 0.1) is 12.8 Å². The lowest BCUT2D eigenvalue weighted by atomic mass is 9.83. The number of phenols is 1. The van der Waals surface area contributed by atoms with E-state index >= 15 is 0 Å². The minimum atomic E-state index is 0. The van der Waals surface area contributed by atoms with E-state index in [1.54, 1.807) is 13.2 Å². The molecule has 0 saturated heterocycles. The SMILES string of the molecule is COc1cc(O)c(N)cc1C1CCCCC1.Cl. The number of aromatic hydroxyl groups is 1. The Bertz CT molecular complexity index is 376. The molecule has 1 fully saturated rings. The molecule has 2 rings (SSSR count). The number of hydrogen-bond acceptors (Lipinski definition) is 3. The Morgan fingerprint density at radius 3 is 2.47 bits per heavy atom. The van der Waals surface area contributed by atoms with Crippen molar-refractivity contribution < 1.29 is 9.84 Å². The molecular formula is C13H20ClNO2. The number of benzene rings is 1. The maximum atomic E-state index is 9.55. The smallest absolute Gasteiger partial charge is 0.142 e. The highest BCUT2D eigenvalue weighted by Crippen LogP contribution is 2.40. The Labute approximate surface area is 108 Å². The largest absolute Gasteiger partial charge is 0.506 e. The van der Waals surface area contributed by atoms with Crippen LogP contribution in [0.5, 0.6) is 11.5 Å². The molecule has 0 atom stereocenters. The highest BCUT2D eigenvalue weighted by atomic mass is 35.5. The fourth-order valence-electron chi connectivity index (χ4n) is 2.51. The van der Waals surface area contributed by atoms with Crippen LogP contribution in [-0.2, 0) is 0 Å². The van der Waals surface area contributed by atoms with Gasteiger partial charge in [0.2, 0.25) is 0 Å². The monoisotopic (exact) mass is 257 g/mol. The van der Waals surface area contributed by atoms with Crippen LogP contribution in [0.2, 0.25) is 0 Å². The zero-order valence-electron chi connectivity index (χ0n) is 10.1. The number of methoxy groups -OCH3 is 1. The quantitative estimate of drug-likeness (QED) is 0.630. The van der Waals surface area contributed by atoms with Crippen molar-refractivity contribution in [2.24, 2.45) is 0 Å². The number of nitrogen functional groups attached to an aromatic ring is 1. The normalized spacial score (nSPS) is 16.3. The summed E-state index contributed by atoms with van der Waals surface area (Å²) in [7, 11) is 1.64. The third kappa shape index (κ3) is 2.97. The number of halogens is 1. The Kier molecular flexibility index (Phi) is 4.94. The zero-order valence-corrected chi connectivity index (χ0v) is 10.9. The van der Waals surface area contributed by atoms with Gasteiger partial charge in [-0.25, -0.2) is 0 Å². The molecule has 1 aliphatic carbocycles. The summed E-state index contributed by atoms with van der Waals surface area (Å²) in [6, 6.07) is 3.49. The molecule has 4 heteroatoms. The molecule has 1 aliphatic rings. The van der Waals surface area contributed by atoms with E-state index in [0.29, 0.717) is 11.6 Å². The molecule has 1 saturated carbocycles. The van der Waals surface area contributed by atoms with Crippen LogP contribution < -0.4 is 10.5 Å². The number of hydrogen-bond donors (Lipinski definition) is 2. The molecule has 3 nitrogen and oxygen atoms in total. The van der Waals surface area contributed by atoms with Gasteiger partial charge in [-0.1, -0.05) is 19.3 Å². The van der Waals surface area contributed by atoms with E-state index in [-0.39, 0.29) is 18.2 Å². The van der Waals surface area contributed by atoms with Gasteiger partial charge in [-0.2, -0.15) is 0 Å². The first kappa shape index (κ1) is 14.0. The van der Waals surface area contributed by atoms with Gasteiger partial charge in [0.25, 0.3) is 0 Å². The highest BCUT2D eigenvalue weighted by Gasteiger charge is 2.20. The molecule has 1 aromatic carbocycles. The summed E-state index contributed by atoms with van der Waals surface area (Å²) in [5.41, 5.74) is 7.34. The van der Waals surface area contributed by atoms with Crippen LogP contribution in [0.3, 0.4) is 0 Å². The van der Waals surface area contributed by atoms with Crippen LogP contribution in [0, 0.1) is 0 Å². The minimum absolute atomic E-state index is 0. The lowest BCUT2D eigenvalue weighted by Gasteiger charge is -2.24. The van der Waals surface area contributed by atoms with Gasteiger partial charge in [0.15, 0.2) is 0 Å². The van der Waals surface area contributed by atoms with Crippen molar-refractivity contribution in [1.29, 1.82) is 0 Å². The van der Waals surface area contributed by atoms with Crippen molar-refractivity contribution in [3.8, 4) is 11.5 Å². The molecule has 0 amide bonds. The average Bonchev–Trinajstić information content (AvgIpc) is 2.33. The zero-order chi connectivity index (χ0) is 11.5. The number of nitrogens with two attached hydrogens (primary N) is 1. The third-order valence-corrected chi connectivity index (χ3v) is 3.42. The Balaban J connectivity index is 0.00000144. The van der Waals surface area contributed by atoms with E-state index in [1.807, 2.05) is 6.07 Å². The molecule has 0 heterocycles. The van der Waals surface area contributed by atoms with Crippen LogP contribution in [0.4, 0.5) is 5.69 Å². The van der Waals surface area contributed by atoms with Crippen LogP contribution in [-0.4, -0.2) is 12.2 Å². The lowest BCUT2D eigenvalue weighted by molar-refractivity contribution is 0.383. The van der Waals surface area contributed by atoms with Crippen LogP contribution in [0.15, 0.2) is 12.1 Å².